The van der Waals surface area contributed by atoms with Crippen LogP contribution in [0.25, 0.3) is 0 Å². The number of amides is 1. The maximum Gasteiger partial charge on any atom is 0.410 e. The van der Waals surface area contributed by atoms with Gasteiger partial charge >= 0.3 is 12.1 Å². The number of carbonyl (C=O) groups is 2. The van der Waals surface area contributed by atoms with E-state index in [1.165, 1.54) is 29.2 Å². The van der Waals surface area contributed by atoms with Gasteiger partial charge in [0.15, 0.2) is 0 Å². The van der Waals surface area contributed by atoms with Gasteiger partial charge < -0.3 is 14.7 Å². The quantitative estimate of drug-likeness (QED) is 0.385. The molecule has 1 aliphatic heterocycles. The van der Waals surface area contributed by atoms with Gasteiger partial charge in [-0.1, -0.05) is 0 Å². The Kier molecular flexibility index (Phi) is 5.75. The van der Waals surface area contributed by atoms with Crippen molar-refractivity contribution >= 4 is 27.9 Å². The van der Waals surface area contributed by atoms with E-state index >= 15 is 0 Å². The number of carboxylic acids is 1. The van der Waals surface area contributed by atoms with Crippen molar-refractivity contribution in [1.82, 2.24) is 4.90 Å². The summed E-state index contributed by atoms with van der Waals surface area (Å²) < 4.78 is 33.1. The number of aliphatic carboxylic acids is 1. The molecule has 0 spiro atoms. The molecule has 1 amide bonds. The van der Waals surface area contributed by atoms with Gasteiger partial charge in [-0.3, -0.25) is 19.1 Å². The van der Waals surface area contributed by atoms with E-state index in [1.807, 2.05) is 0 Å². The van der Waals surface area contributed by atoms with Crippen LogP contribution in [0.15, 0.2) is 24.3 Å². The fraction of sp³-hybridized carbons (Fsp3) is 0.529. The lowest BCUT2D eigenvalue weighted by Crippen LogP contribution is -2.38. The average molecular weight is 428 g/mol. The lowest BCUT2D eigenvalue weighted by molar-refractivity contribution is -0.384. The molecule has 1 N–H and O–H groups in total. The van der Waals surface area contributed by atoms with Crippen LogP contribution in [0.3, 0.4) is 0 Å². The Hall–Kier alpha value is -2.73. The van der Waals surface area contributed by atoms with Crippen molar-refractivity contribution in [2.45, 2.75) is 31.6 Å². The average Bonchev–Trinajstić information content (AvgIpc) is 3.33. The van der Waals surface area contributed by atoms with E-state index in [2.05, 4.69) is 0 Å². The topological polar surface area (TPSA) is 153 Å². The molecule has 3 rings (SSSR count). The zero-order chi connectivity index (χ0) is 21.3. The molecule has 2 aliphatic rings. The zero-order valence-electron chi connectivity index (χ0n) is 15.5. The second-order valence-corrected chi connectivity index (χ2v) is 8.80. The number of hydrogen-bond donors (Lipinski definition) is 1. The SMILES string of the molecule is CS(=O)(=O)O[C@@H]1C[C@@H]([C@@H]2C[C@H]2C(=O)O)N(C(=O)OCc2ccc([N+](=O)[O-])cc2)C1. The van der Waals surface area contributed by atoms with Gasteiger partial charge in [-0.15, -0.1) is 0 Å². The first-order chi connectivity index (χ1) is 13.5. The van der Waals surface area contributed by atoms with Crippen LogP contribution in [0.4, 0.5) is 10.5 Å². The summed E-state index contributed by atoms with van der Waals surface area (Å²) in [6.07, 6.45) is 0.0293. The number of non-ortho nitro benzene ring substituents is 1. The van der Waals surface area contributed by atoms with Crippen molar-refractivity contribution < 1.29 is 37.0 Å². The van der Waals surface area contributed by atoms with Crippen molar-refractivity contribution in [3.63, 3.8) is 0 Å². The summed E-state index contributed by atoms with van der Waals surface area (Å²) in [5.41, 5.74) is 0.451. The summed E-state index contributed by atoms with van der Waals surface area (Å²) in [6, 6.07) is 5.01. The number of hydrogen-bond acceptors (Lipinski definition) is 8. The van der Waals surface area contributed by atoms with Crippen molar-refractivity contribution in [3.8, 4) is 0 Å². The highest BCUT2D eigenvalue weighted by Gasteiger charge is 2.54. The summed E-state index contributed by atoms with van der Waals surface area (Å²) in [5.74, 6) is -1.82. The molecule has 0 aromatic heterocycles. The van der Waals surface area contributed by atoms with E-state index in [0.29, 0.717) is 12.0 Å². The molecule has 0 bridgehead atoms. The number of ether oxygens (including phenoxy) is 1. The van der Waals surface area contributed by atoms with E-state index < -0.39 is 45.2 Å². The molecule has 12 heteroatoms. The van der Waals surface area contributed by atoms with Crippen molar-refractivity contribution in [1.29, 1.82) is 0 Å². The van der Waals surface area contributed by atoms with E-state index in [0.717, 1.165) is 6.26 Å². The number of benzene rings is 1. The third-order valence-electron chi connectivity index (χ3n) is 5.01. The summed E-state index contributed by atoms with van der Waals surface area (Å²) >= 11 is 0. The molecule has 1 aliphatic carbocycles. The van der Waals surface area contributed by atoms with Gasteiger partial charge in [0.05, 0.1) is 29.7 Å². The third-order valence-corrected chi connectivity index (χ3v) is 5.63. The molecule has 1 saturated heterocycles. The Balaban J connectivity index is 1.65. The van der Waals surface area contributed by atoms with Crippen LogP contribution >= 0.6 is 0 Å². The first-order valence-electron chi connectivity index (χ1n) is 8.83. The summed E-state index contributed by atoms with van der Waals surface area (Å²) in [6.45, 7) is -0.162. The predicted octanol–water partition coefficient (Wildman–Crippen LogP) is 1.37. The number of carboxylic acid groups (broad SMARTS) is 1. The van der Waals surface area contributed by atoms with Crippen LogP contribution in [0.5, 0.6) is 0 Å². The highest BCUT2D eigenvalue weighted by atomic mass is 32.2. The van der Waals surface area contributed by atoms with E-state index in [-0.39, 0.29) is 31.2 Å². The number of carbonyl (C=O) groups excluding carboxylic acids is 1. The first kappa shape index (κ1) is 21.0. The smallest absolute Gasteiger partial charge is 0.410 e. The summed E-state index contributed by atoms with van der Waals surface area (Å²) in [5, 5.41) is 19.8. The van der Waals surface area contributed by atoms with Gasteiger partial charge in [0.2, 0.25) is 0 Å². The summed E-state index contributed by atoms with van der Waals surface area (Å²) in [4.78, 5) is 35.2. The Labute approximate surface area is 166 Å². The molecule has 1 aromatic carbocycles. The molecule has 1 heterocycles. The van der Waals surface area contributed by atoms with Gasteiger partial charge in [0.1, 0.15) is 6.61 Å². The monoisotopic (exact) mass is 428 g/mol. The summed E-state index contributed by atoms with van der Waals surface area (Å²) in [7, 11) is -3.73. The van der Waals surface area contributed by atoms with E-state index in [1.54, 1.807) is 0 Å². The molecular weight excluding hydrogens is 408 g/mol. The zero-order valence-corrected chi connectivity index (χ0v) is 16.3. The van der Waals surface area contributed by atoms with E-state index in [9.17, 15) is 28.1 Å². The van der Waals surface area contributed by atoms with Crippen LogP contribution in [-0.2, 0) is 30.4 Å². The highest BCUT2D eigenvalue weighted by molar-refractivity contribution is 7.86. The number of nitro benzene ring substituents is 1. The molecule has 2 fully saturated rings. The number of nitro groups is 1. The number of rotatable bonds is 7. The van der Waals surface area contributed by atoms with Gasteiger partial charge in [0.25, 0.3) is 15.8 Å². The van der Waals surface area contributed by atoms with Gasteiger partial charge in [-0.25, -0.2) is 4.79 Å². The normalized spacial score (nSPS) is 26.2. The largest absolute Gasteiger partial charge is 0.481 e. The number of likely N-dealkylation sites (tertiary alicyclic amines) is 1. The maximum absolute atomic E-state index is 12.6. The van der Waals surface area contributed by atoms with Crippen LogP contribution in [0.2, 0.25) is 0 Å². The first-order valence-corrected chi connectivity index (χ1v) is 10.6. The van der Waals surface area contributed by atoms with Crippen molar-refractivity contribution in [2.24, 2.45) is 11.8 Å². The Morgan fingerprint density at radius 1 is 1.28 bits per heavy atom. The van der Waals surface area contributed by atoms with Crippen LogP contribution in [-0.4, -0.2) is 60.4 Å². The molecule has 11 nitrogen and oxygen atoms in total. The molecule has 158 valence electrons. The minimum atomic E-state index is -3.73. The van der Waals surface area contributed by atoms with Crippen LogP contribution < -0.4 is 0 Å². The molecule has 0 radical (unpaired) electrons. The van der Waals surface area contributed by atoms with Gasteiger partial charge in [0, 0.05) is 18.2 Å². The maximum atomic E-state index is 12.6. The lowest BCUT2D eigenvalue weighted by Gasteiger charge is -2.23. The molecule has 0 unspecified atom stereocenters. The van der Waals surface area contributed by atoms with Gasteiger partial charge in [-0.2, -0.15) is 8.42 Å². The molecule has 1 aromatic rings. The minimum Gasteiger partial charge on any atom is -0.481 e. The highest BCUT2D eigenvalue weighted by Crippen LogP contribution is 2.47. The molecule has 29 heavy (non-hydrogen) atoms. The third kappa shape index (κ3) is 5.21. The number of nitrogens with zero attached hydrogens (tertiary/aromatic N) is 2. The van der Waals surface area contributed by atoms with E-state index in [4.69, 9.17) is 14.0 Å². The Bertz CT molecular complexity index is 915. The predicted molar refractivity (Wildman–Crippen MR) is 97.3 cm³/mol. The second kappa shape index (κ2) is 7.95. The van der Waals surface area contributed by atoms with Crippen molar-refractivity contribution in [3.05, 3.63) is 39.9 Å². The Morgan fingerprint density at radius 3 is 2.45 bits per heavy atom. The second-order valence-electron chi connectivity index (χ2n) is 7.20. The lowest BCUT2D eigenvalue weighted by atomic mass is 10.1. The minimum absolute atomic E-state index is 0.0281. The fourth-order valence-electron chi connectivity index (χ4n) is 3.62. The Morgan fingerprint density at radius 2 is 1.93 bits per heavy atom. The van der Waals surface area contributed by atoms with Crippen LogP contribution in [0, 0.1) is 22.0 Å². The van der Waals surface area contributed by atoms with Gasteiger partial charge in [-0.05, 0) is 36.5 Å². The molecule has 1 saturated carbocycles. The van der Waals surface area contributed by atoms with Crippen LogP contribution in [0.1, 0.15) is 18.4 Å². The fourth-order valence-corrected chi connectivity index (χ4v) is 4.26. The molecule has 4 atom stereocenters. The standard InChI is InChI=1S/C17H20N2O9S/c1-29(25,26)28-12-6-15(13-7-14(13)16(20)21)18(8-12)17(22)27-9-10-2-4-11(5-3-10)19(23)24/h2-5,12-15H,6-9H2,1H3,(H,20,21)/t12-,13-,14-,15+/m1/s1. The molecular formula is C17H20N2O9S. The van der Waals surface area contributed by atoms with Crippen molar-refractivity contribution in [2.75, 3.05) is 12.8 Å².